The van der Waals surface area contributed by atoms with Gasteiger partial charge in [0.25, 0.3) is 0 Å². The highest BCUT2D eigenvalue weighted by atomic mass is 35.5. The Morgan fingerprint density at radius 2 is 1.95 bits per heavy atom. The Bertz CT molecular complexity index is 734. The molecule has 0 bridgehead atoms. The zero-order chi connectivity index (χ0) is 13.2. The molecule has 0 spiro atoms. The summed E-state index contributed by atoms with van der Waals surface area (Å²) in [5, 5.41) is 1.93. The van der Waals surface area contributed by atoms with E-state index in [1.54, 1.807) is 0 Å². The monoisotopic (exact) mass is 267 g/mol. The molecule has 0 saturated heterocycles. The maximum Gasteiger partial charge on any atom is 0.0780 e. The molecule has 0 radical (unpaired) electrons. The molecule has 1 heterocycles. The summed E-state index contributed by atoms with van der Waals surface area (Å²) in [5.74, 6) is 0. The van der Waals surface area contributed by atoms with Gasteiger partial charge in [0.1, 0.15) is 0 Å². The van der Waals surface area contributed by atoms with E-state index in [4.69, 9.17) is 11.6 Å². The number of aryl methyl sites for hydroxylation is 1. The topological polar surface area (TPSA) is 12.9 Å². The minimum absolute atomic E-state index is 0.753. The lowest BCUT2D eigenvalue weighted by molar-refractivity contribution is 1.14. The highest BCUT2D eigenvalue weighted by molar-refractivity contribution is 6.30. The summed E-state index contributed by atoms with van der Waals surface area (Å²) in [6, 6.07) is 16.4. The van der Waals surface area contributed by atoms with Gasteiger partial charge in [0, 0.05) is 22.2 Å². The molecule has 1 aromatic heterocycles. The lowest BCUT2D eigenvalue weighted by Gasteiger charge is -2.09. The zero-order valence-electron chi connectivity index (χ0n) is 10.7. The second-order valence-corrected chi connectivity index (χ2v) is 5.02. The third-order valence-corrected chi connectivity index (χ3v) is 3.54. The number of fused-ring (bicyclic) bond motifs is 1. The first-order chi connectivity index (χ1) is 9.28. The van der Waals surface area contributed by atoms with Crippen molar-refractivity contribution in [3.8, 4) is 11.1 Å². The van der Waals surface area contributed by atoms with Crippen molar-refractivity contribution < 1.29 is 0 Å². The molecule has 0 atom stereocenters. The minimum atomic E-state index is 0.753. The molecule has 0 aliphatic carbocycles. The molecule has 0 aliphatic heterocycles. The highest BCUT2D eigenvalue weighted by Gasteiger charge is 2.07. The highest BCUT2D eigenvalue weighted by Crippen LogP contribution is 2.30. The summed E-state index contributed by atoms with van der Waals surface area (Å²) >= 11 is 6.10. The number of hydrogen-bond acceptors (Lipinski definition) is 1. The maximum absolute atomic E-state index is 6.10. The van der Waals surface area contributed by atoms with Crippen LogP contribution in [0.5, 0.6) is 0 Å². The summed E-state index contributed by atoms with van der Waals surface area (Å²) in [4.78, 5) is 4.52. The quantitative estimate of drug-likeness (QED) is 0.628. The van der Waals surface area contributed by atoms with Crippen molar-refractivity contribution in [3.63, 3.8) is 0 Å². The van der Waals surface area contributed by atoms with Gasteiger partial charge in [0.2, 0.25) is 0 Å². The Morgan fingerprint density at radius 3 is 2.74 bits per heavy atom. The average Bonchev–Trinajstić information content (AvgIpc) is 2.46. The summed E-state index contributed by atoms with van der Waals surface area (Å²) in [5.41, 5.74) is 4.61. The Kier molecular flexibility index (Phi) is 3.22. The van der Waals surface area contributed by atoms with E-state index in [0.29, 0.717) is 0 Å². The molecule has 1 nitrogen and oxygen atoms in total. The number of nitrogens with zero attached hydrogens (tertiary/aromatic N) is 1. The van der Waals surface area contributed by atoms with Crippen molar-refractivity contribution in [1.82, 2.24) is 4.98 Å². The normalized spacial score (nSPS) is 10.8. The fraction of sp³-hybridized carbons (Fsp3) is 0.118. The lowest BCUT2D eigenvalue weighted by atomic mass is 9.98. The van der Waals surface area contributed by atoms with Gasteiger partial charge < -0.3 is 0 Å². The van der Waals surface area contributed by atoms with Crippen LogP contribution in [-0.2, 0) is 6.42 Å². The Morgan fingerprint density at radius 1 is 1.05 bits per heavy atom. The fourth-order valence-corrected chi connectivity index (χ4v) is 2.52. The third-order valence-electron chi connectivity index (χ3n) is 3.31. The molecule has 0 N–H and O–H groups in total. The molecule has 0 unspecified atom stereocenters. The van der Waals surface area contributed by atoms with E-state index in [2.05, 4.69) is 36.2 Å². The first-order valence-corrected chi connectivity index (χ1v) is 6.79. The third kappa shape index (κ3) is 2.34. The van der Waals surface area contributed by atoms with Gasteiger partial charge in [-0.25, -0.2) is 0 Å². The van der Waals surface area contributed by atoms with E-state index in [-0.39, 0.29) is 0 Å². The molecule has 3 aromatic rings. The molecule has 94 valence electrons. The van der Waals surface area contributed by atoms with Gasteiger partial charge in [0.05, 0.1) is 5.52 Å². The smallest absolute Gasteiger partial charge is 0.0780 e. The molecule has 0 aliphatic rings. The number of hydrogen-bond donors (Lipinski definition) is 0. The lowest BCUT2D eigenvalue weighted by Crippen LogP contribution is -1.89. The van der Waals surface area contributed by atoms with Crippen LogP contribution in [0.4, 0.5) is 0 Å². The summed E-state index contributed by atoms with van der Waals surface area (Å²) < 4.78 is 0. The van der Waals surface area contributed by atoms with Crippen LogP contribution >= 0.6 is 11.6 Å². The Hall–Kier alpha value is -1.86. The first kappa shape index (κ1) is 12.2. The number of halogens is 1. The first-order valence-electron chi connectivity index (χ1n) is 6.41. The van der Waals surface area contributed by atoms with Crippen LogP contribution in [0, 0.1) is 0 Å². The molecule has 0 saturated carbocycles. The predicted molar refractivity (Wildman–Crippen MR) is 81.6 cm³/mol. The van der Waals surface area contributed by atoms with E-state index < -0.39 is 0 Å². The molecule has 2 aromatic carbocycles. The van der Waals surface area contributed by atoms with Gasteiger partial charge in [-0.2, -0.15) is 0 Å². The molecule has 0 amide bonds. The van der Waals surface area contributed by atoms with E-state index in [1.807, 2.05) is 30.5 Å². The fourth-order valence-electron chi connectivity index (χ4n) is 2.33. The van der Waals surface area contributed by atoms with Crippen molar-refractivity contribution in [2.75, 3.05) is 0 Å². The van der Waals surface area contributed by atoms with Crippen LogP contribution in [0.2, 0.25) is 5.02 Å². The van der Waals surface area contributed by atoms with Gasteiger partial charge in [0.15, 0.2) is 0 Å². The number of rotatable bonds is 2. The molecule has 19 heavy (non-hydrogen) atoms. The predicted octanol–water partition coefficient (Wildman–Crippen LogP) is 5.12. The van der Waals surface area contributed by atoms with Crippen LogP contribution in [-0.4, -0.2) is 4.98 Å². The Labute approximate surface area is 117 Å². The van der Waals surface area contributed by atoms with Crippen molar-refractivity contribution in [2.45, 2.75) is 13.3 Å². The van der Waals surface area contributed by atoms with Crippen LogP contribution < -0.4 is 0 Å². The van der Waals surface area contributed by atoms with E-state index in [9.17, 15) is 0 Å². The van der Waals surface area contributed by atoms with Crippen molar-refractivity contribution in [3.05, 3.63) is 65.3 Å². The van der Waals surface area contributed by atoms with E-state index in [0.717, 1.165) is 28.1 Å². The van der Waals surface area contributed by atoms with Crippen molar-refractivity contribution >= 4 is 22.5 Å². The van der Waals surface area contributed by atoms with E-state index >= 15 is 0 Å². The standard InChI is InChI=1S/C17H14ClN/c1-2-12-9-14-6-4-8-19-17(14)16(10-12)13-5-3-7-15(18)11-13/h3-11H,2H2,1H3. The largest absolute Gasteiger partial charge is 0.256 e. The van der Waals surface area contributed by atoms with Crippen LogP contribution in [0.1, 0.15) is 12.5 Å². The number of pyridine rings is 1. The van der Waals surface area contributed by atoms with Crippen LogP contribution in [0.3, 0.4) is 0 Å². The molecular formula is C17H14ClN. The average molecular weight is 268 g/mol. The van der Waals surface area contributed by atoms with Gasteiger partial charge >= 0.3 is 0 Å². The van der Waals surface area contributed by atoms with Gasteiger partial charge in [-0.15, -0.1) is 0 Å². The maximum atomic E-state index is 6.10. The number of benzene rings is 2. The van der Waals surface area contributed by atoms with Crippen molar-refractivity contribution in [2.24, 2.45) is 0 Å². The Balaban J connectivity index is 2.32. The van der Waals surface area contributed by atoms with Crippen molar-refractivity contribution in [1.29, 1.82) is 0 Å². The molecule has 3 rings (SSSR count). The van der Waals surface area contributed by atoms with Gasteiger partial charge in [-0.05, 0) is 47.9 Å². The van der Waals surface area contributed by atoms with Gasteiger partial charge in [-0.1, -0.05) is 36.7 Å². The molecular weight excluding hydrogens is 254 g/mol. The second-order valence-electron chi connectivity index (χ2n) is 4.58. The van der Waals surface area contributed by atoms with Crippen LogP contribution in [0.15, 0.2) is 54.7 Å². The molecule has 0 fully saturated rings. The van der Waals surface area contributed by atoms with E-state index in [1.165, 1.54) is 10.9 Å². The minimum Gasteiger partial charge on any atom is -0.256 e. The molecule has 2 heteroatoms. The summed E-state index contributed by atoms with van der Waals surface area (Å²) in [7, 11) is 0. The summed E-state index contributed by atoms with van der Waals surface area (Å²) in [6.45, 7) is 2.17. The SMILES string of the molecule is CCc1cc(-c2cccc(Cl)c2)c2ncccc2c1. The second kappa shape index (κ2) is 5.02. The van der Waals surface area contributed by atoms with Crippen LogP contribution in [0.25, 0.3) is 22.0 Å². The number of aromatic nitrogens is 1. The van der Waals surface area contributed by atoms with Gasteiger partial charge in [-0.3, -0.25) is 4.98 Å². The zero-order valence-corrected chi connectivity index (χ0v) is 11.5. The summed E-state index contributed by atoms with van der Waals surface area (Å²) in [6.07, 6.45) is 2.85.